The van der Waals surface area contributed by atoms with Gasteiger partial charge >= 0.3 is 0 Å². The molecule has 12 aromatic rings. The average Bonchev–Trinajstić information content (AvgIpc) is 3.88. The van der Waals surface area contributed by atoms with Crippen LogP contribution in [0.3, 0.4) is 0 Å². The molecule has 0 fully saturated rings. The third-order valence-corrected chi connectivity index (χ3v) is 17.8. The van der Waals surface area contributed by atoms with Crippen molar-refractivity contribution in [2.75, 3.05) is 0 Å². The minimum Gasteiger partial charge on any atom is -0.309 e. The Morgan fingerprint density at radius 1 is 0.270 bits per heavy atom. The van der Waals surface area contributed by atoms with Crippen LogP contribution in [0.15, 0.2) is 255 Å². The number of hydrogen-bond acceptors (Lipinski definition) is 0. The summed E-state index contributed by atoms with van der Waals surface area (Å²) in [5.41, 5.74) is 11.9. The number of rotatable bonds is 8. The van der Waals surface area contributed by atoms with Crippen molar-refractivity contribution in [1.82, 2.24) is 9.13 Å². The van der Waals surface area contributed by atoms with Gasteiger partial charge in [-0.05, 0) is 85.5 Å². The molecule has 10 aromatic carbocycles. The van der Waals surface area contributed by atoms with E-state index in [1.165, 1.54) is 92.3 Å². The molecule has 3 heteroatoms. The maximum absolute atomic E-state index is 2.76. The lowest BCUT2D eigenvalue weighted by atomic mass is 9.94. The van der Waals surface area contributed by atoms with E-state index < -0.39 is 8.07 Å². The van der Waals surface area contributed by atoms with Crippen LogP contribution in [-0.2, 0) is 0 Å². The molecule has 0 spiro atoms. The topological polar surface area (TPSA) is 9.86 Å². The molecule has 0 unspecified atom stereocenters. The van der Waals surface area contributed by atoms with Gasteiger partial charge in [-0.25, -0.2) is 0 Å². The summed E-state index contributed by atoms with van der Waals surface area (Å²) in [5, 5.41) is 10.4. The first-order valence-corrected chi connectivity index (χ1v) is 23.8. The number of para-hydroxylation sites is 2. The van der Waals surface area contributed by atoms with Gasteiger partial charge in [-0.2, -0.15) is 0 Å². The van der Waals surface area contributed by atoms with Gasteiger partial charge in [-0.15, -0.1) is 0 Å². The molecule has 2 heterocycles. The van der Waals surface area contributed by atoms with Gasteiger partial charge in [-0.3, -0.25) is 0 Å². The van der Waals surface area contributed by atoms with E-state index >= 15 is 0 Å². The van der Waals surface area contributed by atoms with Crippen molar-refractivity contribution < 1.29 is 0 Å². The van der Waals surface area contributed by atoms with E-state index in [-0.39, 0.29) is 0 Å². The minimum atomic E-state index is -2.76. The summed E-state index contributed by atoms with van der Waals surface area (Å²) in [5.74, 6) is 0. The predicted octanol–water partition coefficient (Wildman–Crippen LogP) is 12.6. The molecule has 0 N–H and O–H groups in total. The molecular weight excluding hydrogens is 777 g/mol. The Bertz CT molecular complexity index is 3500. The molecule has 12 rings (SSSR count). The molecule has 0 aliphatic rings. The van der Waals surface area contributed by atoms with Gasteiger partial charge in [0.05, 0.1) is 27.8 Å². The summed E-state index contributed by atoms with van der Waals surface area (Å²) in [6, 6.07) is 94.2. The largest absolute Gasteiger partial charge is 0.309 e. The first-order chi connectivity index (χ1) is 31.3. The fraction of sp³-hybridized carbons (Fsp3) is 0. The Balaban J connectivity index is 1.12. The van der Waals surface area contributed by atoms with Gasteiger partial charge in [0, 0.05) is 27.2 Å². The second-order valence-corrected chi connectivity index (χ2v) is 20.2. The lowest BCUT2D eigenvalue weighted by Crippen LogP contribution is -2.74. The van der Waals surface area contributed by atoms with Gasteiger partial charge in [0.1, 0.15) is 0 Å². The van der Waals surface area contributed by atoms with Gasteiger partial charge in [0.25, 0.3) is 0 Å². The number of aromatic nitrogens is 2. The van der Waals surface area contributed by atoms with Crippen LogP contribution in [0, 0.1) is 0 Å². The smallest absolute Gasteiger partial charge is 0.179 e. The Morgan fingerprint density at radius 3 is 1.35 bits per heavy atom. The van der Waals surface area contributed by atoms with E-state index in [1.807, 2.05) is 0 Å². The van der Waals surface area contributed by atoms with Crippen LogP contribution in [0.4, 0.5) is 0 Å². The van der Waals surface area contributed by atoms with E-state index in [4.69, 9.17) is 0 Å². The van der Waals surface area contributed by atoms with Crippen molar-refractivity contribution in [2.45, 2.75) is 0 Å². The van der Waals surface area contributed by atoms with E-state index in [0.717, 1.165) is 5.69 Å². The van der Waals surface area contributed by atoms with Crippen molar-refractivity contribution in [3.8, 4) is 33.6 Å². The summed E-state index contributed by atoms with van der Waals surface area (Å²) in [7, 11) is -2.76. The zero-order valence-corrected chi connectivity index (χ0v) is 35.6. The van der Waals surface area contributed by atoms with Crippen molar-refractivity contribution in [3.63, 3.8) is 0 Å². The SMILES string of the molecule is c1ccc(-c2ccc(-n3c4ccccc4c4c(-n5c6ccccc6c6cc([Si](c7ccccc7)(c7ccccc7)c7ccccc7)ccc65)cccc43)cc2-c2ccccc2)cc1. The molecule has 0 amide bonds. The molecule has 0 atom stereocenters. The number of benzene rings is 10. The summed E-state index contributed by atoms with van der Waals surface area (Å²) in [6.45, 7) is 0. The zero-order valence-electron chi connectivity index (χ0n) is 34.6. The molecule has 0 saturated carbocycles. The summed E-state index contributed by atoms with van der Waals surface area (Å²) >= 11 is 0. The van der Waals surface area contributed by atoms with E-state index in [9.17, 15) is 0 Å². The summed E-state index contributed by atoms with van der Waals surface area (Å²) in [6.07, 6.45) is 0. The van der Waals surface area contributed by atoms with Crippen LogP contribution in [0.5, 0.6) is 0 Å². The molecule has 0 saturated heterocycles. The first kappa shape index (κ1) is 36.8. The molecule has 0 aliphatic carbocycles. The molecule has 63 heavy (non-hydrogen) atoms. The van der Waals surface area contributed by atoms with Gasteiger partial charge in [-0.1, -0.05) is 212 Å². The molecule has 296 valence electrons. The molecule has 2 nitrogen and oxygen atoms in total. The quantitative estimate of drug-likeness (QED) is 0.107. The molecular formula is C60H42N2Si. The first-order valence-electron chi connectivity index (χ1n) is 21.8. The highest BCUT2D eigenvalue weighted by Gasteiger charge is 2.41. The molecule has 2 aromatic heterocycles. The normalized spacial score (nSPS) is 11.8. The van der Waals surface area contributed by atoms with Crippen LogP contribution in [0.2, 0.25) is 0 Å². The maximum atomic E-state index is 2.52. The highest BCUT2D eigenvalue weighted by atomic mass is 28.3. The fourth-order valence-electron chi connectivity index (χ4n) is 10.4. The van der Waals surface area contributed by atoms with Crippen LogP contribution in [0.1, 0.15) is 0 Å². The van der Waals surface area contributed by atoms with Gasteiger partial charge < -0.3 is 9.13 Å². The summed E-state index contributed by atoms with van der Waals surface area (Å²) in [4.78, 5) is 0. The zero-order chi connectivity index (χ0) is 41.7. The average molecular weight is 819 g/mol. The van der Waals surface area contributed by atoms with Gasteiger partial charge in [0.2, 0.25) is 0 Å². The van der Waals surface area contributed by atoms with Crippen molar-refractivity contribution in [1.29, 1.82) is 0 Å². The lowest BCUT2D eigenvalue weighted by molar-refractivity contribution is 1.17. The Morgan fingerprint density at radius 2 is 0.746 bits per heavy atom. The molecule has 0 radical (unpaired) electrons. The van der Waals surface area contributed by atoms with Crippen molar-refractivity contribution >= 4 is 72.4 Å². The van der Waals surface area contributed by atoms with Crippen molar-refractivity contribution in [3.05, 3.63) is 255 Å². The molecule has 0 bridgehead atoms. The monoisotopic (exact) mass is 818 g/mol. The predicted molar refractivity (Wildman–Crippen MR) is 270 cm³/mol. The highest BCUT2D eigenvalue weighted by molar-refractivity contribution is 7.20. The molecule has 0 aliphatic heterocycles. The minimum absolute atomic E-state index is 1.13. The number of fused-ring (bicyclic) bond motifs is 6. The van der Waals surface area contributed by atoms with E-state index in [0.29, 0.717) is 0 Å². The fourth-order valence-corrected chi connectivity index (χ4v) is 15.2. The Labute approximate surface area is 368 Å². The van der Waals surface area contributed by atoms with Crippen LogP contribution in [0.25, 0.3) is 77.2 Å². The van der Waals surface area contributed by atoms with Gasteiger partial charge in [0.15, 0.2) is 8.07 Å². The van der Waals surface area contributed by atoms with E-state index in [1.54, 1.807) is 0 Å². The maximum Gasteiger partial charge on any atom is 0.179 e. The van der Waals surface area contributed by atoms with Crippen molar-refractivity contribution in [2.24, 2.45) is 0 Å². The highest BCUT2D eigenvalue weighted by Crippen LogP contribution is 2.41. The third-order valence-electron chi connectivity index (χ3n) is 13.1. The van der Waals surface area contributed by atoms with Crippen LogP contribution in [-0.4, -0.2) is 17.2 Å². The Kier molecular flexibility index (Phi) is 8.87. The third kappa shape index (κ3) is 5.85. The second-order valence-electron chi connectivity index (χ2n) is 16.4. The number of hydrogen-bond donors (Lipinski definition) is 0. The second kappa shape index (κ2) is 15.2. The standard InChI is InChI=1S/C60H42N2Si/c1-6-21-43(22-7-1)50-39-37-45(41-53(50)44-23-8-2-9-24-44)61-56-34-19-17-32-52(56)60-58(61)35-20-36-59(60)62-55-33-18-16-31-51(55)54-42-49(38-40-57(54)62)63(46-25-10-3-11-26-46,47-27-12-4-13-28-47)48-29-14-5-15-30-48/h1-42H. The van der Waals surface area contributed by atoms with Crippen LogP contribution < -0.4 is 20.7 Å². The van der Waals surface area contributed by atoms with Crippen LogP contribution >= 0.6 is 0 Å². The number of nitrogens with zero attached hydrogens (tertiary/aromatic N) is 2. The lowest BCUT2D eigenvalue weighted by Gasteiger charge is -2.34. The Hall–Kier alpha value is -7.98. The summed E-state index contributed by atoms with van der Waals surface area (Å²) < 4.78 is 4.97. The van der Waals surface area contributed by atoms with E-state index in [2.05, 4.69) is 264 Å².